The van der Waals surface area contributed by atoms with E-state index in [2.05, 4.69) is 10.3 Å². The third-order valence-corrected chi connectivity index (χ3v) is 4.78. The summed E-state index contributed by atoms with van der Waals surface area (Å²) in [6.07, 6.45) is 1.60. The number of phenols is 1. The Morgan fingerprint density at radius 2 is 1.93 bits per heavy atom. The summed E-state index contributed by atoms with van der Waals surface area (Å²) in [5, 5.41) is 21.2. The third-order valence-electron chi connectivity index (χ3n) is 3.87. The Morgan fingerprint density at radius 3 is 2.63 bits per heavy atom. The van der Waals surface area contributed by atoms with Gasteiger partial charge in [0.2, 0.25) is 0 Å². The molecule has 9 heteroatoms. The highest BCUT2D eigenvalue weighted by Gasteiger charge is 2.24. The molecule has 1 saturated heterocycles. The Bertz CT molecular complexity index is 1000. The van der Waals surface area contributed by atoms with Crippen LogP contribution in [0.2, 0.25) is 0 Å². The summed E-state index contributed by atoms with van der Waals surface area (Å²) < 4.78 is 11.1. The number of hydrogen-bond donors (Lipinski definition) is 3. The van der Waals surface area contributed by atoms with E-state index in [0.29, 0.717) is 33.9 Å². The summed E-state index contributed by atoms with van der Waals surface area (Å²) in [6, 6.07) is 11.5. The van der Waals surface area contributed by atoms with Gasteiger partial charge in [0, 0.05) is 0 Å². The van der Waals surface area contributed by atoms with Crippen LogP contribution in [0.3, 0.4) is 0 Å². The molecule has 1 heterocycles. The number of aliphatic carboxylic acids is 1. The van der Waals surface area contributed by atoms with Crippen molar-refractivity contribution in [2.24, 2.45) is 4.99 Å². The van der Waals surface area contributed by atoms with Gasteiger partial charge in [-0.15, -0.1) is 0 Å². The Labute approximate surface area is 177 Å². The molecule has 0 atom stereocenters. The van der Waals surface area contributed by atoms with Gasteiger partial charge in [0.25, 0.3) is 5.91 Å². The molecule has 0 aromatic heterocycles. The van der Waals surface area contributed by atoms with Crippen molar-refractivity contribution in [3.05, 3.63) is 52.9 Å². The number of amidine groups is 1. The van der Waals surface area contributed by atoms with Crippen molar-refractivity contribution in [1.82, 2.24) is 5.32 Å². The average Bonchev–Trinajstić information content (AvgIpc) is 3.04. The maximum atomic E-state index is 12.3. The smallest absolute Gasteiger partial charge is 0.306 e. The standard InChI is InChI=1S/C21H20N2O6S/c1-2-28-17-11-13(3-8-16(17)29-10-9-19(25)26)12-18-20(27)23-21(30-18)22-14-4-6-15(24)7-5-14/h3-8,11-12,24H,2,9-10H2,1H3,(H,25,26)(H,22,23,27)/b18-12+. The van der Waals surface area contributed by atoms with Crippen LogP contribution in [0.4, 0.5) is 5.69 Å². The molecule has 1 amide bonds. The minimum atomic E-state index is -0.941. The van der Waals surface area contributed by atoms with Gasteiger partial charge < -0.3 is 25.0 Å². The van der Waals surface area contributed by atoms with Gasteiger partial charge in [-0.25, -0.2) is 4.99 Å². The number of ether oxygens (including phenoxy) is 2. The van der Waals surface area contributed by atoms with E-state index in [1.807, 2.05) is 6.92 Å². The predicted molar refractivity (Wildman–Crippen MR) is 114 cm³/mol. The molecule has 0 unspecified atom stereocenters. The topological polar surface area (TPSA) is 117 Å². The second-order valence-electron chi connectivity index (χ2n) is 6.13. The van der Waals surface area contributed by atoms with Crippen LogP contribution in [-0.2, 0) is 9.59 Å². The van der Waals surface area contributed by atoms with E-state index >= 15 is 0 Å². The SMILES string of the molecule is CCOc1cc(/C=C2/SC(=Nc3ccc(O)cc3)NC2=O)ccc1OCCC(=O)O. The summed E-state index contributed by atoms with van der Waals surface area (Å²) in [7, 11) is 0. The first-order valence-electron chi connectivity index (χ1n) is 9.14. The lowest BCUT2D eigenvalue weighted by atomic mass is 10.2. The Balaban J connectivity index is 1.76. The van der Waals surface area contributed by atoms with Crippen molar-refractivity contribution in [1.29, 1.82) is 0 Å². The molecule has 0 aliphatic carbocycles. The van der Waals surface area contributed by atoms with Gasteiger partial charge in [-0.3, -0.25) is 9.59 Å². The zero-order valence-corrected chi connectivity index (χ0v) is 16.9. The minimum absolute atomic E-state index is 0.0329. The largest absolute Gasteiger partial charge is 0.508 e. The van der Waals surface area contributed by atoms with Crippen LogP contribution in [0.5, 0.6) is 17.2 Å². The number of carbonyl (C=O) groups excluding carboxylic acids is 1. The summed E-state index contributed by atoms with van der Waals surface area (Å²) >= 11 is 1.20. The van der Waals surface area contributed by atoms with E-state index in [4.69, 9.17) is 14.6 Å². The molecule has 1 fully saturated rings. The Kier molecular flexibility index (Phi) is 6.97. The highest BCUT2D eigenvalue weighted by Crippen LogP contribution is 2.32. The van der Waals surface area contributed by atoms with Crippen molar-refractivity contribution in [2.75, 3.05) is 13.2 Å². The first-order chi connectivity index (χ1) is 14.4. The van der Waals surface area contributed by atoms with Gasteiger partial charge in [0.1, 0.15) is 5.75 Å². The maximum Gasteiger partial charge on any atom is 0.306 e. The highest BCUT2D eigenvalue weighted by atomic mass is 32.2. The molecule has 0 saturated carbocycles. The average molecular weight is 428 g/mol. The lowest BCUT2D eigenvalue weighted by molar-refractivity contribution is -0.137. The first kappa shape index (κ1) is 21.3. The number of aromatic hydroxyl groups is 1. The molecule has 0 bridgehead atoms. The molecule has 2 aromatic rings. The first-order valence-corrected chi connectivity index (χ1v) is 9.96. The number of hydrogen-bond acceptors (Lipinski definition) is 7. The van der Waals surface area contributed by atoms with Gasteiger partial charge in [-0.2, -0.15) is 0 Å². The quantitative estimate of drug-likeness (QED) is 0.551. The number of rotatable bonds is 8. The van der Waals surface area contributed by atoms with E-state index in [1.54, 1.807) is 36.4 Å². The molecule has 1 aliphatic rings. The summed E-state index contributed by atoms with van der Waals surface area (Å²) in [6.45, 7) is 2.28. The minimum Gasteiger partial charge on any atom is -0.508 e. The molecule has 3 rings (SSSR count). The summed E-state index contributed by atoms with van der Waals surface area (Å²) in [5.74, 6) is -0.152. The van der Waals surface area contributed by atoms with E-state index in [0.717, 1.165) is 5.56 Å². The van der Waals surface area contributed by atoms with Crippen LogP contribution in [0, 0.1) is 0 Å². The van der Waals surface area contributed by atoms with E-state index < -0.39 is 5.97 Å². The molecule has 30 heavy (non-hydrogen) atoms. The molecular formula is C21H20N2O6S. The molecule has 3 N–H and O–H groups in total. The van der Waals surface area contributed by atoms with E-state index in [-0.39, 0.29) is 24.7 Å². The molecule has 0 radical (unpaired) electrons. The number of carboxylic acids is 1. The third kappa shape index (κ3) is 5.77. The lowest BCUT2D eigenvalue weighted by Crippen LogP contribution is -2.19. The number of thioether (sulfide) groups is 1. The Hall–Kier alpha value is -3.46. The molecule has 8 nitrogen and oxygen atoms in total. The van der Waals surface area contributed by atoms with Crippen LogP contribution in [0.15, 0.2) is 52.4 Å². The zero-order valence-electron chi connectivity index (χ0n) is 16.1. The molecule has 2 aromatic carbocycles. The van der Waals surface area contributed by atoms with Crippen LogP contribution in [0.25, 0.3) is 6.08 Å². The van der Waals surface area contributed by atoms with Gasteiger partial charge in [-0.1, -0.05) is 6.07 Å². The number of nitrogens with zero attached hydrogens (tertiary/aromatic N) is 1. The van der Waals surface area contributed by atoms with Crippen molar-refractivity contribution < 1.29 is 29.3 Å². The fraction of sp³-hybridized carbons (Fsp3) is 0.190. The Morgan fingerprint density at radius 1 is 1.17 bits per heavy atom. The van der Waals surface area contributed by atoms with Gasteiger partial charge in [-0.05, 0) is 66.7 Å². The van der Waals surface area contributed by atoms with Gasteiger partial charge in [0.15, 0.2) is 16.7 Å². The van der Waals surface area contributed by atoms with Gasteiger partial charge >= 0.3 is 5.97 Å². The van der Waals surface area contributed by atoms with Crippen LogP contribution in [-0.4, -0.2) is 40.5 Å². The normalized spacial score (nSPS) is 16.0. The van der Waals surface area contributed by atoms with E-state index in [9.17, 15) is 14.7 Å². The number of aliphatic imine (C=N–C) groups is 1. The van der Waals surface area contributed by atoms with Crippen molar-refractivity contribution >= 4 is 40.6 Å². The number of amides is 1. The van der Waals surface area contributed by atoms with Crippen molar-refractivity contribution in [3.63, 3.8) is 0 Å². The fourth-order valence-corrected chi connectivity index (χ4v) is 3.37. The number of carbonyl (C=O) groups is 2. The number of nitrogens with one attached hydrogen (secondary N) is 1. The summed E-state index contributed by atoms with van der Waals surface area (Å²) in [4.78, 5) is 27.8. The lowest BCUT2D eigenvalue weighted by Gasteiger charge is -2.12. The van der Waals surface area contributed by atoms with Crippen LogP contribution < -0.4 is 14.8 Å². The monoisotopic (exact) mass is 428 g/mol. The van der Waals surface area contributed by atoms with Crippen LogP contribution in [0.1, 0.15) is 18.9 Å². The zero-order chi connectivity index (χ0) is 21.5. The second kappa shape index (κ2) is 9.84. The number of carboxylic acid groups (broad SMARTS) is 1. The highest BCUT2D eigenvalue weighted by molar-refractivity contribution is 8.18. The molecule has 1 aliphatic heterocycles. The van der Waals surface area contributed by atoms with Crippen molar-refractivity contribution in [2.45, 2.75) is 13.3 Å². The molecule has 156 valence electrons. The van der Waals surface area contributed by atoms with Gasteiger partial charge in [0.05, 0.1) is 30.2 Å². The number of phenolic OH excluding ortho intramolecular Hbond substituents is 1. The summed E-state index contributed by atoms with van der Waals surface area (Å²) in [5.41, 5.74) is 1.34. The second-order valence-corrected chi connectivity index (χ2v) is 7.16. The maximum absolute atomic E-state index is 12.3. The fourth-order valence-electron chi connectivity index (χ4n) is 2.53. The van der Waals surface area contributed by atoms with Crippen LogP contribution >= 0.6 is 11.8 Å². The van der Waals surface area contributed by atoms with E-state index in [1.165, 1.54) is 23.9 Å². The molecule has 0 spiro atoms. The number of benzene rings is 2. The molecular weight excluding hydrogens is 408 g/mol. The predicted octanol–water partition coefficient (Wildman–Crippen LogP) is 3.54. The van der Waals surface area contributed by atoms with Crippen molar-refractivity contribution in [3.8, 4) is 17.2 Å².